The number of pyridine rings is 1. The average molecular weight is 390 g/mol. The monoisotopic (exact) mass is 390 g/mol. The molecule has 0 aromatic carbocycles. The number of aliphatic hydroxyl groups is 2. The molecule has 4 fully saturated rings. The van der Waals surface area contributed by atoms with Crippen LogP contribution in [0.25, 0.3) is 11.0 Å². The number of nitrogens with zero attached hydrogens (tertiary/aromatic N) is 2. The van der Waals surface area contributed by atoms with Crippen molar-refractivity contribution < 1.29 is 10.2 Å². The number of aromatic nitrogens is 2. The first kappa shape index (κ1) is 18.0. The van der Waals surface area contributed by atoms with Crippen LogP contribution in [0.5, 0.6) is 0 Å². The van der Waals surface area contributed by atoms with E-state index >= 15 is 0 Å². The molecule has 2 aromatic rings. The summed E-state index contributed by atoms with van der Waals surface area (Å²) in [5, 5.41) is 27.0. The lowest BCUT2D eigenvalue weighted by atomic mass is 9.67. The van der Waals surface area contributed by atoms with Crippen LogP contribution in [0.3, 0.4) is 0 Å². The van der Waals surface area contributed by atoms with E-state index in [0.29, 0.717) is 29.6 Å². The van der Waals surface area contributed by atoms with Crippen LogP contribution in [0.4, 0.5) is 0 Å². The van der Waals surface area contributed by atoms with Crippen molar-refractivity contribution in [2.75, 3.05) is 6.61 Å². The highest BCUT2D eigenvalue weighted by atomic mass is 16.3. The van der Waals surface area contributed by atoms with Gasteiger partial charge >= 0.3 is 0 Å². The molecule has 7 rings (SSSR count). The van der Waals surface area contributed by atoms with E-state index < -0.39 is 5.60 Å². The zero-order chi connectivity index (χ0) is 20.1. The fraction of sp³-hybridized carbons (Fsp3) is 0.636. The first-order valence-electron chi connectivity index (χ1n) is 10.8. The second kappa shape index (κ2) is 5.64. The highest BCUT2D eigenvalue weighted by molar-refractivity contribution is 6.39. The van der Waals surface area contributed by atoms with Crippen LogP contribution in [-0.4, -0.2) is 51.5 Å². The van der Waals surface area contributed by atoms with Crippen molar-refractivity contribution in [2.24, 2.45) is 28.8 Å². The summed E-state index contributed by atoms with van der Waals surface area (Å²) < 4.78 is 0. The Bertz CT molecular complexity index is 1050. The maximum Gasteiger partial charge on any atom is 0.138 e. The molecule has 29 heavy (non-hydrogen) atoms. The molecular weight excluding hydrogens is 363 g/mol. The third kappa shape index (κ3) is 2.26. The van der Waals surface area contributed by atoms with Crippen molar-refractivity contribution in [3.05, 3.63) is 23.5 Å². The van der Waals surface area contributed by atoms with E-state index in [2.05, 4.69) is 21.6 Å². The summed E-state index contributed by atoms with van der Waals surface area (Å²) in [4.78, 5) is 7.88. The van der Waals surface area contributed by atoms with E-state index in [1.54, 1.807) is 6.20 Å². The number of aliphatic hydroxyl groups excluding tert-OH is 1. The van der Waals surface area contributed by atoms with E-state index in [4.69, 9.17) is 12.9 Å². The van der Waals surface area contributed by atoms with Crippen LogP contribution in [-0.2, 0) is 0 Å². The van der Waals surface area contributed by atoms with Gasteiger partial charge in [0.25, 0.3) is 0 Å². The lowest BCUT2D eigenvalue weighted by Crippen LogP contribution is -2.41. The molecule has 7 heteroatoms. The summed E-state index contributed by atoms with van der Waals surface area (Å²) in [5.41, 5.74) is 7.09. The molecule has 0 spiro atoms. The fourth-order valence-electron chi connectivity index (χ4n) is 7.20. The molecule has 150 valence electrons. The molecule has 0 aliphatic heterocycles. The summed E-state index contributed by atoms with van der Waals surface area (Å²) in [5.74, 6) is 1.67. The summed E-state index contributed by atoms with van der Waals surface area (Å²) in [6.07, 6.45) is 7.31. The quantitative estimate of drug-likeness (QED) is 0.468. The van der Waals surface area contributed by atoms with Gasteiger partial charge in [0, 0.05) is 41.8 Å². The summed E-state index contributed by atoms with van der Waals surface area (Å²) in [6.45, 7) is 4.19. The van der Waals surface area contributed by atoms with Gasteiger partial charge < -0.3 is 20.6 Å². The fourth-order valence-corrected chi connectivity index (χ4v) is 7.20. The zero-order valence-corrected chi connectivity index (χ0v) is 16.9. The number of nitrogens with one attached hydrogen (secondary N) is 2. The van der Waals surface area contributed by atoms with E-state index in [1.807, 2.05) is 13.8 Å². The van der Waals surface area contributed by atoms with Gasteiger partial charge in [0.2, 0.25) is 0 Å². The van der Waals surface area contributed by atoms with E-state index in [1.165, 1.54) is 5.56 Å². The summed E-state index contributed by atoms with van der Waals surface area (Å²) in [6, 6.07) is 0. The Balaban J connectivity index is 1.60. The van der Waals surface area contributed by atoms with Crippen molar-refractivity contribution in [3.8, 4) is 0 Å². The van der Waals surface area contributed by atoms with Gasteiger partial charge in [-0.2, -0.15) is 5.10 Å². The Kier molecular flexibility index (Phi) is 3.49. The largest absolute Gasteiger partial charge is 0.396 e. The number of hydrogen-bond donors (Lipinski definition) is 4. The van der Waals surface area contributed by atoms with E-state index in [9.17, 15) is 10.2 Å². The third-order valence-corrected chi connectivity index (χ3v) is 8.15. The third-order valence-electron chi connectivity index (χ3n) is 8.15. The Morgan fingerprint density at radius 2 is 2.10 bits per heavy atom. The van der Waals surface area contributed by atoms with Gasteiger partial charge in [0.1, 0.15) is 13.5 Å². The maximum atomic E-state index is 11.6. The van der Waals surface area contributed by atoms with Crippen LogP contribution < -0.4 is 10.9 Å². The SMILES string of the molecule is [B]c1cnc2[nH]cc3c2c1/C(=N\NC(C)(C)CCO)C1C2CC4CC(O)(C2)C1C34. The molecule has 6 bridgehead atoms. The molecule has 4 N–H and O–H groups in total. The van der Waals surface area contributed by atoms with Crippen molar-refractivity contribution in [3.63, 3.8) is 0 Å². The molecule has 5 aliphatic carbocycles. The van der Waals surface area contributed by atoms with E-state index in [0.717, 1.165) is 41.6 Å². The molecule has 5 aliphatic rings. The van der Waals surface area contributed by atoms with Crippen molar-refractivity contribution in [1.82, 2.24) is 15.4 Å². The maximum absolute atomic E-state index is 11.6. The van der Waals surface area contributed by atoms with Crippen molar-refractivity contribution >= 4 is 30.1 Å². The minimum absolute atomic E-state index is 0.104. The molecule has 6 nitrogen and oxygen atoms in total. The molecule has 0 amide bonds. The number of rotatable bonds is 4. The van der Waals surface area contributed by atoms with Crippen molar-refractivity contribution in [1.29, 1.82) is 0 Å². The van der Waals surface area contributed by atoms with Crippen LogP contribution in [0.2, 0.25) is 0 Å². The lowest BCUT2D eigenvalue weighted by Gasteiger charge is -2.37. The molecule has 2 radical (unpaired) electrons. The average Bonchev–Trinajstić information content (AvgIpc) is 3.17. The standard InChI is InChI=1S/C22H27BN4O2/c1-21(2,3-4-28)27-26-19-15-11-5-10-6-22(29,7-11)18(15)14(10)12-8-24-20-16(12)17(19)13(23)9-25-20/h8-11,14-15,18,27-29H,3-7H2,1-2H3,(H,24,25)/b26-19-. The highest BCUT2D eigenvalue weighted by Gasteiger charge is 2.68. The molecule has 2 heterocycles. The van der Waals surface area contributed by atoms with Gasteiger partial charge in [-0.3, -0.25) is 0 Å². The summed E-state index contributed by atoms with van der Waals surface area (Å²) in [7, 11) is 6.50. The van der Waals surface area contributed by atoms with Crippen molar-refractivity contribution in [2.45, 2.75) is 56.6 Å². The second-order valence-electron chi connectivity index (χ2n) is 10.4. The molecule has 0 saturated heterocycles. The molecule has 4 saturated carbocycles. The van der Waals surface area contributed by atoms with Gasteiger partial charge in [0.15, 0.2) is 0 Å². The number of hydrogen-bond acceptors (Lipinski definition) is 5. The predicted molar refractivity (Wildman–Crippen MR) is 112 cm³/mol. The Hall–Kier alpha value is -1.86. The Morgan fingerprint density at radius 1 is 1.34 bits per heavy atom. The van der Waals surface area contributed by atoms with Gasteiger partial charge in [-0.15, -0.1) is 0 Å². The minimum Gasteiger partial charge on any atom is -0.396 e. The van der Waals surface area contributed by atoms with Crippen LogP contribution in [0.1, 0.15) is 56.6 Å². The highest BCUT2D eigenvalue weighted by Crippen LogP contribution is 2.70. The van der Waals surface area contributed by atoms with Crippen LogP contribution in [0.15, 0.2) is 17.5 Å². The molecule has 6 unspecified atom stereocenters. The van der Waals surface area contributed by atoms with Gasteiger partial charge in [-0.1, -0.05) is 5.46 Å². The smallest absolute Gasteiger partial charge is 0.138 e. The zero-order valence-electron chi connectivity index (χ0n) is 16.9. The summed E-state index contributed by atoms with van der Waals surface area (Å²) >= 11 is 0. The minimum atomic E-state index is -0.599. The van der Waals surface area contributed by atoms with Crippen LogP contribution >= 0.6 is 0 Å². The molecule has 2 aromatic heterocycles. The molecular formula is C22H27BN4O2. The van der Waals surface area contributed by atoms with Gasteiger partial charge in [-0.05, 0) is 62.8 Å². The Morgan fingerprint density at radius 3 is 2.86 bits per heavy atom. The normalized spacial score (nSPS) is 38.2. The first-order valence-corrected chi connectivity index (χ1v) is 10.8. The molecule has 6 atom stereocenters. The second-order valence-corrected chi connectivity index (χ2v) is 10.4. The first-order chi connectivity index (χ1) is 13.8. The number of hydrazone groups is 1. The predicted octanol–water partition coefficient (Wildman–Crippen LogP) is 1.32. The van der Waals surface area contributed by atoms with Gasteiger partial charge in [-0.25, -0.2) is 4.98 Å². The Labute approximate surface area is 171 Å². The number of aromatic amines is 1. The number of H-pyrrole nitrogens is 1. The van der Waals surface area contributed by atoms with E-state index in [-0.39, 0.29) is 24.0 Å². The topological polar surface area (TPSA) is 93.5 Å². The van der Waals surface area contributed by atoms with Crippen LogP contribution in [0, 0.1) is 23.7 Å². The van der Waals surface area contributed by atoms with Gasteiger partial charge in [0.05, 0.1) is 16.9 Å². The lowest BCUT2D eigenvalue weighted by molar-refractivity contribution is 0.00811.